The predicted octanol–water partition coefficient (Wildman–Crippen LogP) is -0.123. The Hall–Kier alpha value is 0.0700. The van der Waals surface area contributed by atoms with Crippen LogP contribution < -0.4 is 5.73 Å². The van der Waals surface area contributed by atoms with Crippen molar-refractivity contribution < 1.29 is 19.1 Å². The third-order valence-electron chi connectivity index (χ3n) is 1.08. The molecule has 0 aromatic rings. The number of hydrogen-bond acceptors (Lipinski definition) is 4. The van der Waals surface area contributed by atoms with Crippen molar-refractivity contribution in [3.63, 3.8) is 0 Å². The quantitative estimate of drug-likeness (QED) is 0.394. The summed E-state index contributed by atoms with van der Waals surface area (Å²) in [4.78, 5) is 8.77. The van der Waals surface area contributed by atoms with Crippen molar-refractivity contribution >= 4 is 7.60 Å². The van der Waals surface area contributed by atoms with Crippen molar-refractivity contribution in [1.82, 2.24) is 0 Å². The number of aliphatic hydroxyl groups is 1. The lowest BCUT2D eigenvalue weighted by Gasteiger charge is -2.08. The van der Waals surface area contributed by atoms with Crippen molar-refractivity contribution in [3.05, 3.63) is 0 Å². The topological polar surface area (TPSA) is 92.8 Å². The average Bonchev–Trinajstić information content (AvgIpc) is 1.99. The Kier molecular flexibility index (Phi) is 5.72. The second kappa shape index (κ2) is 5.69. The van der Waals surface area contributed by atoms with Gasteiger partial charge in [-0.25, -0.2) is 0 Å². The summed E-state index contributed by atoms with van der Waals surface area (Å²) in [5.74, 6) is 0. The van der Waals surface area contributed by atoms with E-state index in [9.17, 15) is 4.57 Å². The van der Waals surface area contributed by atoms with Crippen LogP contribution in [-0.4, -0.2) is 29.5 Å². The fourth-order valence-corrected chi connectivity index (χ4v) is 0.994. The van der Waals surface area contributed by atoms with Crippen LogP contribution in [0.5, 0.6) is 0 Å². The van der Waals surface area contributed by atoms with Gasteiger partial charge in [-0.05, 0) is 12.8 Å². The number of hydrogen-bond donors (Lipinski definition) is 3. The van der Waals surface area contributed by atoms with E-state index in [1.807, 2.05) is 0 Å². The number of nitrogens with two attached hydrogens (primary N) is 1. The third kappa shape index (κ3) is 6.47. The Labute approximate surface area is 65.7 Å². The summed E-state index contributed by atoms with van der Waals surface area (Å²) in [6.45, 7) is 0.243. The molecule has 0 amide bonds. The molecule has 68 valence electrons. The van der Waals surface area contributed by atoms with Gasteiger partial charge in [0.1, 0.15) is 0 Å². The Bertz CT molecular complexity index is 140. The Morgan fingerprint density at radius 1 is 1.45 bits per heavy atom. The van der Waals surface area contributed by atoms with Gasteiger partial charge in [-0.3, -0.25) is 4.57 Å². The minimum Gasteiger partial charge on any atom is -0.396 e. The molecule has 0 aliphatic rings. The normalized spacial score (nSPS) is 16.3. The van der Waals surface area contributed by atoms with Gasteiger partial charge in [-0.15, -0.1) is 0 Å². The zero-order valence-corrected chi connectivity index (χ0v) is 7.17. The van der Waals surface area contributed by atoms with Gasteiger partial charge in [0.05, 0.1) is 12.9 Å². The molecular formula is C5H14NO4P. The average molecular weight is 183 g/mol. The molecule has 0 rings (SSSR count). The van der Waals surface area contributed by atoms with Crippen molar-refractivity contribution in [2.75, 3.05) is 19.5 Å². The van der Waals surface area contributed by atoms with Crippen molar-refractivity contribution in [2.45, 2.75) is 12.8 Å². The van der Waals surface area contributed by atoms with Gasteiger partial charge in [0, 0.05) is 6.61 Å². The van der Waals surface area contributed by atoms with Gasteiger partial charge >= 0.3 is 7.60 Å². The molecule has 0 radical (unpaired) electrons. The highest BCUT2D eigenvalue weighted by atomic mass is 31.2. The molecule has 0 saturated heterocycles. The summed E-state index contributed by atoms with van der Waals surface area (Å²) < 4.78 is 15.2. The van der Waals surface area contributed by atoms with Gasteiger partial charge in [-0.1, -0.05) is 0 Å². The largest absolute Gasteiger partial charge is 0.396 e. The minimum atomic E-state index is -3.52. The van der Waals surface area contributed by atoms with Crippen LogP contribution in [0.25, 0.3) is 0 Å². The summed E-state index contributed by atoms with van der Waals surface area (Å²) in [7, 11) is -3.52. The Balaban J connectivity index is 3.31. The first-order chi connectivity index (χ1) is 5.12. The highest BCUT2D eigenvalue weighted by molar-refractivity contribution is 7.52. The molecule has 0 saturated carbocycles. The second-order valence-electron chi connectivity index (χ2n) is 2.08. The van der Waals surface area contributed by atoms with Crippen LogP contribution >= 0.6 is 7.60 Å². The van der Waals surface area contributed by atoms with Gasteiger partial charge in [0.2, 0.25) is 0 Å². The number of rotatable bonds is 6. The van der Waals surface area contributed by atoms with Crippen LogP contribution in [0.2, 0.25) is 0 Å². The molecule has 0 aromatic heterocycles. The van der Waals surface area contributed by atoms with Crippen LogP contribution in [-0.2, 0) is 9.09 Å². The molecule has 6 heteroatoms. The molecule has 0 aliphatic carbocycles. The van der Waals surface area contributed by atoms with E-state index >= 15 is 0 Å². The first-order valence-corrected chi connectivity index (χ1v) is 5.16. The second-order valence-corrected chi connectivity index (χ2v) is 3.98. The van der Waals surface area contributed by atoms with Gasteiger partial charge in [0.25, 0.3) is 0 Å². The molecule has 5 nitrogen and oxygen atoms in total. The Morgan fingerprint density at radius 2 is 2.09 bits per heavy atom. The van der Waals surface area contributed by atoms with E-state index < -0.39 is 7.60 Å². The fourth-order valence-electron chi connectivity index (χ4n) is 0.474. The Morgan fingerprint density at radius 3 is 2.55 bits per heavy atom. The van der Waals surface area contributed by atoms with Gasteiger partial charge in [0.15, 0.2) is 0 Å². The third-order valence-corrected chi connectivity index (χ3v) is 2.12. The smallest absolute Gasteiger partial charge is 0.341 e. The first kappa shape index (κ1) is 11.1. The van der Waals surface area contributed by atoms with Crippen molar-refractivity contribution in [1.29, 1.82) is 0 Å². The maximum absolute atomic E-state index is 10.7. The van der Waals surface area contributed by atoms with E-state index in [0.29, 0.717) is 12.8 Å². The fraction of sp³-hybridized carbons (Fsp3) is 1.00. The molecule has 1 unspecified atom stereocenters. The first-order valence-electron chi connectivity index (χ1n) is 3.39. The highest BCUT2D eigenvalue weighted by Gasteiger charge is 2.14. The summed E-state index contributed by atoms with van der Waals surface area (Å²) in [5, 5.41) is 8.34. The van der Waals surface area contributed by atoms with E-state index in [1.165, 1.54) is 0 Å². The summed E-state index contributed by atoms with van der Waals surface area (Å²) in [6.07, 6.45) is 0.789. The van der Waals surface area contributed by atoms with Crippen LogP contribution in [0.15, 0.2) is 0 Å². The van der Waals surface area contributed by atoms with Gasteiger partial charge in [-0.2, -0.15) is 0 Å². The molecule has 0 spiro atoms. The summed E-state index contributed by atoms with van der Waals surface area (Å²) in [6, 6.07) is 0. The molecule has 0 aromatic carbocycles. The van der Waals surface area contributed by atoms with E-state index in [0.717, 1.165) is 0 Å². The molecule has 0 aliphatic heterocycles. The molecule has 0 fully saturated rings. The van der Waals surface area contributed by atoms with Crippen LogP contribution in [0.4, 0.5) is 0 Å². The lowest BCUT2D eigenvalue weighted by Crippen LogP contribution is -2.04. The van der Waals surface area contributed by atoms with E-state index in [4.69, 9.17) is 15.7 Å². The SMILES string of the molecule is NCP(=O)(O)OCCCCO. The molecule has 0 heterocycles. The van der Waals surface area contributed by atoms with Crippen molar-refractivity contribution in [2.24, 2.45) is 5.73 Å². The zero-order valence-electron chi connectivity index (χ0n) is 6.27. The minimum absolute atomic E-state index is 0.0711. The molecule has 11 heavy (non-hydrogen) atoms. The predicted molar refractivity (Wildman–Crippen MR) is 41.2 cm³/mol. The monoisotopic (exact) mass is 183 g/mol. The number of unbranched alkanes of at least 4 members (excludes halogenated alkanes) is 1. The summed E-state index contributed by atoms with van der Waals surface area (Å²) >= 11 is 0. The zero-order chi connectivity index (χ0) is 8.74. The standard InChI is InChI=1S/C5H14NO4P/c6-5-11(8,9)10-4-2-1-3-7/h7H,1-6H2,(H,8,9). The maximum atomic E-state index is 10.7. The molecular weight excluding hydrogens is 169 g/mol. The number of aliphatic hydroxyl groups excluding tert-OH is 1. The highest BCUT2D eigenvalue weighted by Crippen LogP contribution is 2.39. The lowest BCUT2D eigenvalue weighted by molar-refractivity contribution is 0.231. The molecule has 0 bridgehead atoms. The van der Waals surface area contributed by atoms with E-state index in [2.05, 4.69) is 4.52 Å². The van der Waals surface area contributed by atoms with Crippen LogP contribution in [0.1, 0.15) is 12.8 Å². The van der Waals surface area contributed by atoms with Crippen molar-refractivity contribution in [3.8, 4) is 0 Å². The van der Waals surface area contributed by atoms with Crippen LogP contribution in [0, 0.1) is 0 Å². The van der Waals surface area contributed by atoms with E-state index in [-0.39, 0.29) is 19.5 Å². The lowest BCUT2D eigenvalue weighted by atomic mass is 10.3. The van der Waals surface area contributed by atoms with Crippen LogP contribution in [0.3, 0.4) is 0 Å². The molecule has 4 N–H and O–H groups in total. The van der Waals surface area contributed by atoms with E-state index in [1.54, 1.807) is 0 Å². The molecule has 1 atom stereocenters. The van der Waals surface area contributed by atoms with Gasteiger partial charge < -0.3 is 20.3 Å². The summed E-state index contributed by atoms with van der Waals surface area (Å²) in [5.41, 5.74) is 4.93. The maximum Gasteiger partial charge on any atom is 0.341 e.